The molecule has 0 saturated heterocycles. The molecule has 0 heterocycles. The van der Waals surface area contributed by atoms with Crippen molar-refractivity contribution in [3.05, 3.63) is 28.3 Å². The molecule has 0 spiro atoms. The second-order valence-electron chi connectivity index (χ2n) is 3.20. The number of nitro benzene ring substituents is 1. The number of anilines is 2. The van der Waals surface area contributed by atoms with Crippen LogP contribution in [0.1, 0.15) is 13.8 Å². The van der Waals surface area contributed by atoms with Gasteiger partial charge >= 0.3 is 0 Å². The van der Waals surface area contributed by atoms with Crippen LogP contribution in [0.4, 0.5) is 17.1 Å². The van der Waals surface area contributed by atoms with Crippen LogP contribution in [-0.4, -0.2) is 17.4 Å². The van der Waals surface area contributed by atoms with Crippen LogP contribution in [0.3, 0.4) is 0 Å². The van der Waals surface area contributed by atoms with E-state index in [0.717, 1.165) is 0 Å². The number of amides is 1. The van der Waals surface area contributed by atoms with Gasteiger partial charge in [0.25, 0.3) is 5.69 Å². The fourth-order valence-corrected chi connectivity index (χ4v) is 1.30. The lowest BCUT2D eigenvalue weighted by molar-refractivity contribution is -0.383. The Kier molecular flexibility index (Phi) is 3.82. The van der Waals surface area contributed by atoms with E-state index < -0.39 is 4.92 Å². The van der Waals surface area contributed by atoms with E-state index in [4.69, 9.17) is 0 Å². The molecule has 0 aromatic heterocycles. The van der Waals surface area contributed by atoms with Crippen LogP contribution in [0.25, 0.3) is 0 Å². The van der Waals surface area contributed by atoms with E-state index in [0.29, 0.717) is 17.9 Å². The van der Waals surface area contributed by atoms with Gasteiger partial charge in [0.2, 0.25) is 5.91 Å². The molecule has 1 rings (SSSR count). The van der Waals surface area contributed by atoms with E-state index in [9.17, 15) is 14.9 Å². The van der Waals surface area contributed by atoms with E-state index >= 15 is 0 Å². The van der Waals surface area contributed by atoms with Gasteiger partial charge in [0, 0.05) is 25.2 Å². The first kappa shape index (κ1) is 12.0. The molecule has 0 aliphatic rings. The minimum absolute atomic E-state index is 0.0481. The summed E-state index contributed by atoms with van der Waals surface area (Å²) < 4.78 is 0. The number of carbonyl (C=O) groups excluding carboxylic acids is 1. The summed E-state index contributed by atoms with van der Waals surface area (Å²) in [4.78, 5) is 21.1. The first-order chi connectivity index (χ1) is 7.54. The van der Waals surface area contributed by atoms with Crippen molar-refractivity contribution in [2.45, 2.75) is 13.8 Å². The van der Waals surface area contributed by atoms with Gasteiger partial charge in [0.1, 0.15) is 5.69 Å². The third kappa shape index (κ3) is 2.94. The largest absolute Gasteiger partial charge is 0.380 e. The van der Waals surface area contributed by atoms with E-state index in [1.165, 1.54) is 13.0 Å². The van der Waals surface area contributed by atoms with E-state index in [1.807, 2.05) is 6.92 Å². The van der Waals surface area contributed by atoms with Gasteiger partial charge < -0.3 is 10.6 Å². The Labute approximate surface area is 92.8 Å². The molecule has 2 N–H and O–H groups in total. The summed E-state index contributed by atoms with van der Waals surface area (Å²) in [5.41, 5.74) is 0.815. The van der Waals surface area contributed by atoms with Crippen LogP contribution < -0.4 is 10.6 Å². The normalized spacial score (nSPS) is 9.62. The standard InChI is InChI=1S/C10H13N3O3/c1-3-11-9-5-4-8(12-7(2)14)6-10(9)13(15)16/h4-6,11H,3H2,1-2H3,(H,12,14). The Morgan fingerprint density at radius 3 is 2.69 bits per heavy atom. The lowest BCUT2D eigenvalue weighted by atomic mass is 10.2. The number of benzene rings is 1. The fourth-order valence-electron chi connectivity index (χ4n) is 1.30. The number of nitrogens with zero attached hydrogens (tertiary/aromatic N) is 1. The Morgan fingerprint density at radius 1 is 1.50 bits per heavy atom. The van der Waals surface area contributed by atoms with Crippen molar-refractivity contribution in [1.82, 2.24) is 0 Å². The molecule has 16 heavy (non-hydrogen) atoms. The van der Waals surface area contributed by atoms with Crippen LogP contribution in [0.2, 0.25) is 0 Å². The van der Waals surface area contributed by atoms with Gasteiger partial charge in [-0.25, -0.2) is 0 Å². The van der Waals surface area contributed by atoms with Crippen molar-refractivity contribution in [1.29, 1.82) is 0 Å². The quantitative estimate of drug-likeness (QED) is 0.603. The van der Waals surface area contributed by atoms with Gasteiger partial charge in [-0.05, 0) is 19.1 Å². The maximum atomic E-state index is 10.8. The maximum absolute atomic E-state index is 10.8. The Hall–Kier alpha value is -2.11. The maximum Gasteiger partial charge on any atom is 0.294 e. The molecule has 0 aliphatic carbocycles. The van der Waals surface area contributed by atoms with Crippen LogP contribution in [-0.2, 0) is 4.79 Å². The number of hydrogen-bond acceptors (Lipinski definition) is 4. The minimum atomic E-state index is -0.483. The summed E-state index contributed by atoms with van der Waals surface area (Å²) >= 11 is 0. The summed E-state index contributed by atoms with van der Waals surface area (Å²) in [6.45, 7) is 3.80. The molecule has 6 nitrogen and oxygen atoms in total. The van der Waals surface area contributed by atoms with Gasteiger partial charge in [0.05, 0.1) is 4.92 Å². The molecular weight excluding hydrogens is 210 g/mol. The third-order valence-electron chi connectivity index (χ3n) is 1.88. The summed E-state index contributed by atoms with van der Waals surface area (Å²) in [6.07, 6.45) is 0. The van der Waals surface area contributed by atoms with Crippen molar-refractivity contribution in [2.24, 2.45) is 0 Å². The number of hydrogen-bond donors (Lipinski definition) is 2. The van der Waals surface area contributed by atoms with Crippen LogP contribution in [0.5, 0.6) is 0 Å². The molecule has 1 aromatic rings. The lowest BCUT2D eigenvalue weighted by Crippen LogP contribution is -2.07. The zero-order chi connectivity index (χ0) is 12.1. The highest BCUT2D eigenvalue weighted by Gasteiger charge is 2.14. The van der Waals surface area contributed by atoms with Crippen LogP contribution in [0.15, 0.2) is 18.2 Å². The van der Waals surface area contributed by atoms with Gasteiger partial charge in [-0.3, -0.25) is 14.9 Å². The summed E-state index contributed by atoms with van der Waals surface area (Å²) in [6, 6.07) is 4.53. The highest BCUT2D eigenvalue weighted by Crippen LogP contribution is 2.27. The smallest absolute Gasteiger partial charge is 0.294 e. The van der Waals surface area contributed by atoms with Crippen LogP contribution >= 0.6 is 0 Å². The SMILES string of the molecule is CCNc1ccc(NC(C)=O)cc1[N+](=O)[O-]. The molecule has 0 aliphatic heterocycles. The number of nitrogens with one attached hydrogen (secondary N) is 2. The summed E-state index contributed by atoms with van der Waals surface area (Å²) in [5.74, 6) is -0.259. The van der Waals surface area contributed by atoms with Crippen LogP contribution in [0, 0.1) is 10.1 Å². The zero-order valence-corrected chi connectivity index (χ0v) is 9.11. The fraction of sp³-hybridized carbons (Fsp3) is 0.300. The number of rotatable bonds is 4. The zero-order valence-electron chi connectivity index (χ0n) is 9.11. The van der Waals surface area contributed by atoms with Gasteiger partial charge in [0.15, 0.2) is 0 Å². The van der Waals surface area contributed by atoms with Crippen molar-refractivity contribution in [3.8, 4) is 0 Å². The van der Waals surface area contributed by atoms with Gasteiger partial charge in [-0.15, -0.1) is 0 Å². The highest BCUT2D eigenvalue weighted by atomic mass is 16.6. The summed E-state index contributed by atoms with van der Waals surface area (Å²) in [5, 5.41) is 16.2. The average molecular weight is 223 g/mol. The average Bonchev–Trinajstić information content (AvgIpc) is 2.19. The van der Waals surface area contributed by atoms with Crippen molar-refractivity contribution in [3.63, 3.8) is 0 Å². The first-order valence-electron chi connectivity index (χ1n) is 4.84. The Balaban J connectivity index is 3.06. The molecule has 86 valence electrons. The number of nitro groups is 1. The molecule has 0 atom stereocenters. The van der Waals surface area contributed by atoms with E-state index in [1.54, 1.807) is 12.1 Å². The van der Waals surface area contributed by atoms with Gasteiger partial charge in [-0.1, -0.05) is 0 Å². The van der Waals surface area contributed by atoms with Crippen molar-refractivity contribution >= 4 is 23.0 Å². The molecule has 0 radical (unpaired) electrons. The predicted molar refractivity (Wildman–Crippen MR) is 61.6 cm³/mol. The molecule has 0 unspecified atom stereocenters. The third-order valence-corrected chi connectivity index (χ3v) is 1.88. The van der Waals surface area contributed by atoms with E-state index in [2.05, 4.69) is 10.6 Å². The monoisotopic (exact) mass is 223 g/mol. The van der Waals surface area contributed by atoms with Crippen molar-refractivity contribution in [2.75, 3.05) is 17.2 Å². The lowest BCUT2D eigenvalue weighted by Gasteiger charge is -2.06. The number of carbonyl (C=O) groups is 1. The molecule has 0 bridgehead atoms. The van der Waals surface area contributed by atoms with E-state index in [-0.39, 0.29) is 11.6 Å². The highest BCUT2D eigenvalue weighted by molar-refractivity contribution is 5.89. The molecule has 0 fully saturated rings. The predicted octanol–water partition coefficient (Wildman–Crippen LogP) is 1.98. The Morgan fingerprint density at radius 2 is 2.19 bits per heavy atom. The topological polar surface area (TPSA) is 84.3 Å². The molecule has 1 aromatic carbocycles. The summed E-state index contributed by atoms with van der Waals surface area (Å²) in [7, 11) is 0. The molecular formula is C10H13N3O3. The molecule has 6 heteroatoms. The second kappa shape index (κ2) is 5.11. The first-order valence-corrected chi connectivity index (χ1v) is 4.84. The second-order valence-corrected chi connectivity index (χ2v) is 3.20. The molecule has 0 saturated carbocycles. The van der Waals surface area contributed by atoms with Crippen molar-refractivity contribution < 1.29 is 9.72 Å². The van der Waals surface area contributed by atoms with Gasteiger partial charge in [-0.2, -0.15) is 0 Å². The molecule has 1 amide bonds. The minimum Gasteiger partial charge on any atom is -0.380 e. The Bertz CT molecular complexity index is 418.